The normalized spacial score (nSPS) is 10.6. The van der Waals surface area contributed by atoms with Gasteiger partial charge in [0.25, 0.3) is 5.91 Å². The summed E-state index contributed by atoms with van der Waals surface area (Å²) < 4.78 is 31.1. The second-order valence-corrected chi connectivity index (χ2v) is 5.01. The van der Waals surface area contributed by atoms with Gasteiger partial charge in [0.05, 0.1) is 0 Å². The van der Waals surface area contributed by atoms with Crippen molar-refractivity contribution < 1.29 is 18.1 Å². The monoisotopic (exact) mass is 329 g/mol. The molecule has 2 aromatic carbocycles. The zero-order valence-electron chi connectivity index (χ0n) is 12.5. The van der Waals surface area contributed by atoms with E-state index in [1.807, 2.05) is 30.3 Å². The van der Waals surface area contributed by atoms with Crippen LogP contribution in [0.15, 0.2) is 53.1 Å². The number of hydrogen-bond donors (Lipinski definition) is 1. The Hall–Kier alpha value is -3.09. The molecule has 0 fully saturated rings. The predicted octanol–water partition coefficient (Wildman–Crippen LogP) is 2.99. The molecule has 1 amide bonds. The van der Waals surface area contributed by atoms with Gasteiger partial charge in [-0.2, -0.15) is 4.98 Å². The summed E-state index contributed by atoms with van der Waals surface area (Å²) in [7, 11) is 0. The third-order valence-electron chi connectivity index (χ3n) is 3.31. The first-order valence-electron chi connectivity index (χ1n) is 7.25. The SMILES string of the molecule is O=C(NCCc1nc(-c2ccccc2)no1)c1ccc(F)c(F)c1. The highest BCUT2D eigenvalue weighted by Crippen LogP contribution is 2.14. The number of aromatic nitrogens is 2. The molecule has 7 heteroatoms. The van der Waals surface area contributed by atoms with Crippen LogP contribution in [0, 0.1) is 11.6 Å². The lowest BCUT2D eigenvalue weighted by Gasteiger charge is -2.03. The van der Waals surface area contributed by atoms with Crippen LogP contribution in [0.5, 0.6) is 0 Å². The molecule has 0 bridgehead atoms. The molecule has 0 saturated heterocycles. The van der Waals surface area contributed by atoms with Crippen molar-refractivity contribution in [1.82, 2.24) is 15.5 Å². The van der Waals surface area contributed by atoms with Crippen molar-refractivity contribution in [2.24, 2.45) is 0 Å². The van der Waals surface area contributed by atoms with E-state index in [4.69, 9.17) is 4.52 Å². The highest BCUT2D eigenvalue weighted by Gasteiger charge is 2.11. The summed E-state index contributed by atoms with van der Waals surface area (Å²) >= 11 is 0. The van der Waals surface area contributed by atoms with Crippen LogP contribution >= 0.6 is 0 Å². The molecule has 1 heterocycles. The van der Waals surface area contributed by atoms with E-state index in [0.717, 1.165) is 17.7 Å². The molecule has 3 aromatic rings. The van der Waals surface area contributed by atoms with E-state index in [1.165, 1.54) is 6.07 Å². The van der Waals surface area contributed by atoms with Gasteiger partial charge < -0.3 is 9.84 Å². The van der Waals surface area contributed by atoms with Crippen LogP contribution in [0.1, 0.15) is 16.2 Å². The zero-order valence-corrected chi connectivity index (χ0v) is 12.5. The minimum atomic E-state index is -1.06. The van der Waals surface area contributed by atoms with Crippen molar-refractivity contribution in [3.8, 4) is 11.4 Å². The van der Waals surface area contributed by atoms with Crippen LogP contribution in [0.3, 0.4) is 0 Å². The Morgan fingerprint density at radius 3 is 2.62 bits per heavy atom. The molecule has 0 atom stereocenters. The van der Waals surface area contributed by atoms with Gasteiger partial charge in [-0.3, -0.25) is 4.79 Å². The maximum absolute atomic E-state index is 13.1. The number of hydrogen-bond acceptors (Lipinski definition) is 4. The first kappa shape index (κ1) is 15.8. The molecule has 3 rings (SSSR count). The molecule has 0 aliphatic heterocycles. The lowest BCUT2D eigenvalue weighted by Crippen LogP contribution is -2.25. The van der Waals surface area contributed by atoms with Crippen molar-refractivity contribution >= 4 is 5.91 Å². The van der Waals surface area contributed by atoms with E-state index < -0.39 is 17.5 Å². The highest BCUT2D eigenvalue weighted by molar-refractivity contribution is 5.94. The van der Waals surface area contributed by atoms with Crippen LogP contribution < -0.4 is 5.32 Å². The molecule has 1 aromatic heterocycles. The Bertz CT molecular complexity index is 850. The van der Waals surface area contributed by atoms with E-state index in [2.05, 4.69) is 15.5 Å². The summed E-state index contributed by atoms with van der Waals surface area (Å²) in [6, 6.07) is 12.3. The number of rotatable bonds is 5. The number of amides is 1. The maximum Gasteiger partial charge on any atom is 0.251 e. The molecule has 5 nitrogen and oxygen atoms in total. The summed E-state index contributed by atoms with van der Waals surface area (Å²) in [5.41, 5.74) is 0.878. The quantitative estimate of drug-likeness (QED) is 0.781. The zero-order chi connectivity index (χ0) is 16.9. The molecule has 0 aliphatic carbocycles. The first-order valence-corrected chi connectivity index (χ1v) is 7.25. The standard InChI is InChI=1S/C17H13F2N3O2/c18-13-7-6-12(10-14(13)19)17(23)20-9-8-15-21-16(22-24-15)11-4-2-1-3-5-11/h1-7,10H,8-9H2,(H,20,23). The van der Waals surface area contributed by atoms with Crippen molar-refractivity contribution in [3.63, 3.8) is 0 Å². The van der Waals surface area contributed by atoms with Gasteiger partial charge in [0, 0.05) is 24.1 Å². The minimum absolute atomic E-state index is 0.0457. The van der Waals surface area contributed by atoms with E-state index in [0.29, 0.717) is 18.1 Å². The lowest BCUT2D eigenvalue weighted by atomic mass is 10.2. The van der Waals surface area contributed by atoms with Crippen LogP contribution in [0.25, 0.3) is 11.4 Å². The van der Waals surface area contributed by atoms with Crippen molar-refractivity contribution in [3.05, 3.63) is 71.6 Å². The number of carbonyl (C=O) groups excluding carboxylic acids is 1. The lowest BCUT2D eigenvalue weighted by molar-refractivity contribution is 0.0953. The van der Waals surface area contributed by atoms with Gasteiger partial charge in [-0.1, -0.05) is 35.5 Å². The van der Waals surface area contributed by atoms with Gasteiger partial charge in [0.15, 0.2) is 11.6 Å². The Balaban J connectivity index is 1.56. The van der Waals surface area contributed by atoms with Crippen LogP contribution in [0.4, 0.5) is 8.78 Å². The fourth-order valence-electron chi connectivity index (χ4n) is 2.08. The smallest absolute Gasteiger partial charge is 0.251 e. The topological polar surface area (TPSA) is 68.0 Å². The molecule has 0 radical (unpaired) electrons. The Morgan fingerprint density at radius 1 is 1.08 bits per heavy atom. The summed E-state index contributed by atoms with van der Waals surface area (Å²) in [5, 5.41) is 6.46. The van der Waals surface area contributed by atoms with Gasteiger partial charge in [-0.25, -0.2) is 8.78 Å². The summed E-state index contributed by atoms with van der Waals surface area (Å²) in [6.07, 6.45) is 0.329. The summed E-state index contributed by atoms with van der Waals surface area (Å²) in [5.74, 6) is -1.72. The Kier molecular flexibility index (Phi) is 4.60. The first-order chi connectivity index (χ1) is 11.6. The highest BCUT2D eigenvalue weighted by atomic mass is 19.2. The summed E-state index contributed by atoms with van der Waals surface area (Å²) in [4.78, 5) is 16.1. The average molecular weight is 329 g/mol. The fraction of sp³-hybridized carbons (Fsp3) is 0.118. The van der Waals surface area contributed by atoms with Gasteiger partial charge in [-0.15, -0.1) is 0 Å². The van der Waals surface area contributed by atoms with Gasteiger partial charge in [0.1, 0.15) is 0 Å². The second-order valence-electron chi connectivity index (χ2n) is 5.01. The molecule has 0 spiro atoms. The van der Waals surface area contributed by atoms with Crippen molar-refractivity contribution in [1.29, 1.82) is 0 Å². The van der Waals surface area contributed by atoms with Crippen molar-refractivity contribution in [2.45, 2.75) is 6.42 Å². The number of nitrogens with one attached hydrogen (secondary N) is 1. The number of halogens is 2. The van der Waals surface area contributed by atoms with Crippen LogP contribution in [-0.2, 0) is 6.42 Å². The van der Waals surface area contributed by atoms with Gasteiger partial charge in [-0.05, 0) is 18.2 Å². The molecule has 0 unspecified atom stereocenters. The molecule has 1 N–H and O–H groups in total. The van der Waals surface area contributed by atoms with Gasteiger partial charge >= 0.3 is 0 Å². The second kappa shape index (κ2) is 6.99. The molecular formula is C17H13F2N3O2. The van der Waals surface area contributed by atoms with E-state index >= 15 is 0 Å². The van der Waals surface area contributed by atoms with E-state index in [-0.39, 0.29) is 12.1 Å². The predicted molar refractivity (Wildman–Crippen MR) is 82.1 cm³/mol. The minimum Gasteiger partial charge on any atom is -0.352 e. The molecule has 122 valence electrons. The average Bonchev–Trinajstić information content (AvgIpc) is 3.07. The number of benzene rings is 2. The van der Waals surface area contributed by atoms with Crippen LogP contribution in [-0.4, -0.2) is 22.6 Å². The van der Waals surface area contributed by atoms with Crippen molar-refractivity contribution in [2.75, 3.05) is 6.54 Å². The molecule has 0 aliphatic rings. The molecule has 0 saturated carbocycles. The Morgan fingerprint density at radius 2 is 1.88 bits per heavy atom. The van der Waals surface area contributed by atoms with Gasteiger partial charge in [0.2, 0.25) is 11.7 Å². The van der Waals surface area contributed by atoms with E-state index in [1.54, 1.807) is 0 Å². The summed E-state index contributed by atoms with van der Waals surface area (Å²) in [6.45, 7) is 0.230. The third kappa shape index (κ3) is 3.62. The fourth-order valence-corrected chi connectivity index (χ4v) is 2.08. The number of nitrogens with zero attached hydrogens (tertiary/aromatic N) is 2. The van der Waals surface area contributed by atoms with E-state index in [9.17, 15) is 13.6 Å². The third-order valence-corrected chi connectivity index (χ3v) is 3.31. The largest absolute Gasteiger partial charge is 0.352 e. The van der Waals surface area contributed by atoms with Crippen LogP contribution in [0.2, 0.25) is 0 Å². The Labute approximate surface area is 136 Å². The molecular weight excluding hydrogens is 316 g/mol. The molecule has 24 heavy (non-hydrogen) atoms. The number of carbonyl (C=O) groups is 1. The maximum atomic E-state index is 13.1.